The molecule has 0 fully saturated rings. The second-order valence-electron chi connectivity index (χ2n) is 4.06. The maximum Gasteiger partial charge on any atom is 0.311 e. The van der Waals surface area contributed by atoms with Gasteiger partial charge in [-0.3, -0.25) is 10.1 Å². The van der Waals surface area contributed by atoms with Crippen LogP contribution in [0.1, 0.15) is 16.0 Å². The van der Waals surface area contributed by atoms with Crippen molar-refractivity contribution in [1.82, 2.24) is 4.98 Å². The monoisotopic (exact) mass is 298 g/mol. The number of nitrogens with zero attached hydrogens (tertiary/aromatic N) is 2. The highest BCUT2D eigenvalue weighted by atomic mass is 35.5. The molecule has 0 aliphatic heterocycles. The summed E-state index contributed by atoms with van der Waals surface area (Å²) in [6, 6.07) is 3.35. The Morgan fingerprint density at radius 1 is 1.47 bits per heavy atom. The number of aryl methyl sites for hydroxylation is 2. The molecular weight excluding hydrogens is 288 g/mol. The maximum atomic E-state index is 11.0. The van der Waals surface area contributed by atoms with Crippen LogP contribution < -0.4 is 4.74 Å². The van der Waals surface area contributed by atoms with E-state index in [0.29, 0.717) is 10.2 Å². The zero-order valence-corrected chi connectivity index (χ0v) is 11.9. The SMILES string of the molecule is Cc1cc(C)c(OCc2cnc(Cl)s2)c([N+](=O)[O-])c1. The Morgan fingerprint density at radius 3 is 2.79 bits per heavy atom. The Labute approximate surface area is 119 Å². The van der Waals surface area contributed by atoms with Gasteiger partial charge in [0.25, 0.3) is 0 Å². The molecule has 1 aromatic carbocycles. The molecule has 7 heteroatoms. The number of ether oxygens (including phenoxy) is 1. The molecule has 0 saturated heterocycles. The highest BCUT2D eigenvalue weighted by Crippen LogP contribution is 2.33. The van der Waals surface area contributed by atoms with Gasteiger partial charge in [0.1, 0.15) is 6.61 Å². The van der Waals surface area contributed by atoms with Crippen molar-refractivity contribution < 1.29 is 9.66 Å². The Hall–Kier alpha value is -1.66. The number of hydrogen-bond acceptors (Lipinski definition) is 5. The molecule has 100 valence electrons. The van der Waals surface area contributed by atoms with Crippen molar-refractivity contribution in [2.24, 2.45) is 0 Å². The summed E-state index contributed by atoms with van der Waals surface area (Å²) < 4.78 is 5.98. The van der Waals surface area contributed by atoms with Crippen LogP contribution in [0.2, 0.25) is 4.47 Å². The van der Waals surface area contributed by atoms with Crippen LogP contribution in [0.15, 0.2) is 18.3 Å². The summed E-state index contributed by atoms with van der Waals surface area (Å²) in [5, 5.41) is 11.0. The zero-order valence-electron chi connectivity index (χ0n) is 10.3. The van der Waals surface area contributed by atoms with Gasteiger partial charge >= 0.3 is 5.69 Å². The molecule has 5 nitrogen and oxygen atoms in total. The summed E-state index contributed by atoms with van der Waals surface area (Å²) in [4.78, 5) is 15.3. The predicted octanol–water partition coefficient (Wildman–Crippen LogP) is 3.90. The number of aromatic nitrogens is 1. The molecule has 0 bridgehead atoms. The Morgan fingerprint density at radius 2 is 2.21 bits per heavy atom. The quantitative estimate of drug-likeness (QED) is 0.634. The first-order valence-corrected chi connectivity index (χ1v) is 6.65. The van der Waals surface area contributed by atoms with Gasteiger partial charge in [-0.15, -0.1) is 11.3 Å². The first kappa shape index (κ1) is 13.8. The first-order valence-electron chi connectivity index (χ1n) is 5.46. The molecule has 0 N–H and O–H groups in total. The first-order chi connectivity index (χ1) is 8.97. The molecule has 0 unspecified atom stereocenters. The Bertz CT molecular complexity index is 627. The van der Waals surface area contributed by atoms with Crippen LogP contribution in [-0.2, 0) is 6.61 Å². The highest BCUT2D eigenvalue weighted by Gasteiger charge is 2.18. The third kappa shape index (κ3) is 3.21. The van der Waals surface area contributed by atoms with Crippen molar-refractivity contribution >= 4 is 28.6 Å². The zero-order chi connectivity index (χ0) is 14.0. The van der Waals surface area contributed by atoms with Gasteiger partial charge in [0.2, 0.25) is 0 Å². The van der Waals surface area contributed by atoms with Gasteiger partial charge in [-0.1, -0.05) is 17.7 Å². The van der Waals surface area contributed by atoms with E-state index in [2.05, 4.69) is 4.98 Å². The predicted molar refractivity (Wildman–Crippen MR) is 74.0 cm³/mol. The van der Waals surface area contributed by atoms with E-state index in [0.717, 1.165) is 16.0 Å². The maximum absolute atomic E-state index is 11.0. The normalized spacial score (nSPS) is 10.5. The van der Waals surface area contributed by atoms with Crippen LogP contribution in [-0.4, -0.2) is 9.91 Å². The van der Waals surface area contributed by atoms with Crippen LogP contribution in [0, 0.1) is 24.0 Å². The Balaban J connectivity index is 2.26. The lowest BCUT2D eigenvalue weighted by Gasteiger charge is -2.09. The van der Waals surface area contributed by atoms with Crippen molar-refractivity contribution in [3.05, 3.63) is 48.9 Å². The van der Waals surface area contributed by atoms with E-state index in [1.807, 2.05) is 13.0 Å². The molecule has 1 aromatic heterocycles. The van der Waals surface area contributed by atoms with Gasteiger partial charge in [0.15, 0.2) is 10.2 Å². The highest BCUT2D eigenvalue weighted by molar-refractivity contribution is 7.15. The lowest BCUT2D eigenvalue weighted by molar-refractivity contribution is -0.386. The summed E-state index contributed by atoms with van der Waals surface area (Å²) in [5.74, 6) is 0.292. The molecule has 0 aliphatic carbocycles. The number of nitro groups is 1. The van der Waals surface area contributed by atoms with Gasteiger partial charge in [0.05, 0.1) is 9.80 Å². The van der Waals surface area contributed by atoms with Crippen molar-refractivity contribution in [2.75, 3.05) is 0 Å². The molecule has 0 radical (unpaired) electrons. The minimum atomic E-state index is -0.436. The van der Waals surface area contributed by atoms with Crippen molar-refractivity contribution in [3.8, 4) is 5.75 Å². The average Bonchev–Trinajstić information content (AvgIpc) is 2.73. The van der Waals surface area contributed by atoms with Crippen LogP contribution in [0.4, 0.5) is 5.69 Å². The molecule has 0 atom stereocenters. The van der Waals surface area contributed by atoms with Crippen molar-refractivity contribution in [3.63, 3.8) is 0 Å². The largest absolute Gasteiger partial charge is 0.481 e. The fourth-order valence-electron chi connectivity index (χ4n) is 1.75. The lowest BCUT2D eigenvalue weighted by atomic mass is 10.1. The summed E-state index contributed by atoms with van der Waals surface area (Å²) in [7, 11) is 0. The molecule has 0 amide bonds. The smallest absolute Gasteiger partial charge is 0.311 e. The summed E-state index contributed by atoms with van der Waals surface area (Å²) in [6.07, 6.45) is 1.60. The summed E-state index contributed by atoms with van der Waals surface area (Å²) in [5.41, 5.74) is 1.55. The second kappa shape index (κ2) is 5.54. The van der Waals surface area contributed by atoms with Gasteiger partial charge in [-0.2, -0.15) is 0 Å². The average molecular weight is 299 g/mol. The van der Waals surface area contributed by atoms with E-state index in [-0.39, 0.29) is 12.3 Å². The molecular formula is C12H11ClN2O3S. The van der Waals surface area contributed by atoms with Crippen molar-refractivity contribution in [1.29, 1.82) is 0 Å². The van der Waals surface area contributed by atoms with Crippen LogP contribution in [0.25, 0.3) is 0 Å². The number of thiazole rings is 1. The minimum absolute atomic E-state index is 0.0203. The summed E-state index contributed by atoms with van der Waals surface area (Å²) in [6.45, 7) is 3.82. The standard InChI is InChI=1S/C12H11ClN2O3S/c1-7-3-8(2)11(10(4-7)15(16)17)18-6-9-5-14-12(13)19-9/h3-5H,6H2,1-2H3. The number of hydrogen-bond donors (Lipinski definition) is 0. The number of benzene rings is 1. The lowest BCUT2D eigenvalue weighted by Crippen LogP contribution is -2.00. The van der Waals surface area contributed by atoms with Crippen LogP contribution in [0.3, 0.4) is 0 Å². The Kier molecular flexibility index (Phi) is 4.01. The number of halogens is 1. The third-order valence-electron chi connectivity index (χ3n) is 2.48. The third-order valence-corrected chi connectivity index (χ3v) is 3.57. The molecule has 0 spiro atoms. The van der Waals surface area contributed by atoms with Gasteiger partial charge < -0.3 is 4.74 Å². The molecule has 2 rings (SSSR count). The molecule has 0 saturated carbocycles. The molecule has 1 heterocycles. The van der Waals surface area contributed by atoms with E-state index in [1.165, 1.54) is 17.4 Å². The van der Waals surface area contributed by atoms with Crippen LogP contribution in [0.5, 0.6) is 5.75 Å². The van der Waals surface area contributed by atoms with Crippen molar-refractivity contribution in [2.45, 2.75) is 20.5 Å². The second-order valence-corrected chi connectivity index (χ2v) is 5.75. The number of nitro benzene ring substituents is 1. The van der Waals surface area contributed by atoms with E-state index in [4.69, 9.17) is 16.3 Å². The van der Waals surface area contributed by atoms with E-state index < -0.39 is 4.92 Å². The molecule has 2 aromatic rings. The van der Waals surface area contributed by atoms with Gasteiger partial charge in [-0.05, 0) is 25.0 Å². The van der Waals surface area contributed by atoms with Crippen LogP contribution >= 0.6 is 22.9 Å². The topological polar surface area (TPSA) is 65.3 Å². The number of rotatable bonds is 4. The minimum Gasteiger partial charge on any atom is -0.481 e. The van der Waals surface area contributed by atoms with E-state index in [9.17, 15) is 10.1 Å². The van der Waals surface area contributed by atoms with Gasteiger partial charge in [0, 0.05) is 12.3 Å². The molecule has 19 heavy (non-hydrogen) atoms. The van der Waals surface area contributed by atoms with Gasteiger partial charge in [-0.25, -0.2) is 4.98 Å². The fourth-order valence-corrected chi connectivity index (χ4v) is 2.64. The van der Waals surface area contributed by atoms with E-state index in [1.54, 1.807) is 13.1 Å². The fraction of sp³-hybridized carbons (Fsp3) is 0.250. The van der Waals surface area contributed by atoms with E-state index >= 15 is 0 Å². The molecule has 0 aliphatic rings. The summed E-state index contributed by atoms with van der Waals surface area (Å²) >= 11 is 7.01.